The first-order chi connectivity index (χ1) is 14.0. The molecule has 0 bridgehead atoms. The number of ether oxygens (including phenoxy) is 3. The van der Waals surface area contributed by atoms with Crippen LogP contribution in [0, 0.1) is 6.92 Å². The second-order valence-electron chi connectivity index (χ2n) is 6.71. The molecule has 0 aromatic heterocycles. The SMILES string of the molecule is COc1cc(OC(=O)CCCC(=O)NCc2ccccc2)c2c(c1C)OCC2=O. The van der Waals surface area contributed by atoms with E-state index in [9.17, 15) is 14.4 Å². The normalized spacial score (nSPS) is 12.1. The number of carbonyl (C=O) groups is 3. The Hall–Kier alpha value is -3.35. The lowest BCUT2D eigenvalue weighted by Crippen LogP contribution is -2.22. The minimum atomic E-state index is -0.520. The number of hydrogen-bond donors (Lipinski definition) is 1. The van der Waals surface area contributed by atoms with E-state index in [0.29, 0.717) is 30.0 Å². The molecule has 1 aliphatic rings. The maximum atomic E-state index is 12.2. The first-order valence-corrected chi connectivity index (χ1v) is 9.38. The van der Waals surface area contributed by atoms with Crippen LogP contribution in [0.15, 0.2) is 36.4 Å². The summed E-state index contributed by atoms with van der Waals surface area (Å²) in [5.41, 5.74) is 1.95. The van der Waals surface area contributed by atoms with Gasteiger partial charge in [-0.15, -0.1) is 0 Å². The van der Waals surface area contributed by atoms with Crippen molar-refractivity contribution in [3.63, 3.8) is 0 Å². The molecule has 152 valence electrons. The Balaban J connectivity index is 1.52. The van der Waals surface area contributed by atoms with Gasteiger partial charge in [0.05, 0.1) is 7.11 Å². The molecule has 7 heteroatoms. The van der Waals surface area contributed by atoms with Crippen LogP contribution in [0.3, 0.4) is 0 Å². The van der Waals surface area contributed by atoms with E-state index in [1.54, 1.807) is 6.92 Å². The van der Waals surface area contributed by atoms with Crippen molar-refractivity contribution in [3.05, 3.63) is 53.1 Å². The van der Waals surface area contributed by atoms with Crippen molar-refractivity contribution >= 4 is 17.7 Å². The first-order valence-electron chi connectivity index (χ1n) is 9.38. The van der Waals surface area contributed by atoms with E-state index in [-0.39, 0.29) is 42.5 Å². The summed E-state index contributed by atoms with van der Waals surface area (Å²) < 4.78 is 16.1. The van der Waals surface area contributed by atoms with E-state index in [2.05, 4.69) is 5.32 Å². The fourth-order valence-corrected chi connectivity index (χ4v) is 3.11. The van der Waals surface area contributed by atoms with Crippen LogP contribution in [0.1, 0.15) is 40.7 Å². The van der Waals surface area contributed by atoms with E-state index >= 15 is 0 Å². The van der Waals surface area contributed by atoms with Crippen LogP contribution in [-0.2, 0) is 16.1 Å². The molecule has 1 amide bonds. The molecule has 0 fully saturated rings. The van der Waals surface area contributed by atoms with Gasteiger partial charge in [-0.2, -0.15) is 0 Å². The van der Waals surface area contributed by atoms with Crippen molar-refractivity contribution in [1.82, 2.24) is 5.32 Å². The number of nitrogens with one attached hydrogen (secondary N) is 1. The maximum absolute atomic E-state index is 12.2. The van der Waals surface area contributed by atoms with Gasteiger partial charge >= 0.3 is 5.97 Å². The molecule has 0 aliphatic carbocycles. The summed E-state index contributed by atoms with van der Waals surface area (Å²) in [6.45, 7) is 2.13. The van der Waals surface area contributed by atoms with E-state index in [1.165, 1.54) is 13.2 Å². The number of hydrogen-bond acceptors (Lipinski definition) is 6. The van der Waals surface area contributed by atoms with Crippen molar-refractivity contribution in [3.8, 4) is 17.2 Å². The third-order valence-electron chi connectivity index (χ3n) is 4.63. The molecule has 0 radical (unpaired) electrons. The number of Topliss-reactive ketones (excluding diaryl/α,β-unsaturated/α-hetero) is 1. The van der Waals surface area contributed by atoms with Crippen LogP contribution in [-0.4, -0.2) is 31.4 Å². The lowest BCUT2D eigenvalue weighted by Gasteiger charge is -2.13. The van der Waals surface area contributed by atoms with Crippen LogP contribution in [0.5, 0.6) is 17.2 Å². The molecule has 2 aromatic carbocycles. The van der Waals surface area contributed by atoms with Gasteiger partial charge in [0.1, 0.15) is 22.8 Å². The summed E-state index contributed by atoms with van der Waals surface area (Å²) in [6.07, 6.45) is 0.604. The summed E-state index contributed by atoms with van der Waals surface area (Å²) >= 11 is 0. The van der Waals surface area contributed by atoms with Gasteiger partial charge in [-0.05, 0) is 18.9 Å². The molecule has 29 heavy (non-hydrogen) atoms. The van der Waals surface area contributed by atoms with Crippen molar-refractivity contribution < 1.29 is 28.6 Å². The van der Waals surface area contributed by atoms with Crippen molar-refractivity contribution in [2.75, 3.05) is 13.7 Å². The number of benzene rings is 2. The van der Waals surface area contributed by atoms with Crippen molar-refractivity contribution in [2.45, 2.75) is 32.7 Å². The molecule has 0 saturated heterocycles. The number of ketones is 1. The van der Waals surface area contributed by atoms with E-state index in [1.807, 2.05) is 30.3 Å². The van der Waals surface area contributed by atoms with Gasteiger partial charge in [-0.25, -0.2) is 0 Å². The quantitative estimate of drug-likeness (QED) is 0.544. The zero-order chi connectivity index (χ0) is 20.8. The van der Waals surface area contributed by atoms with E-state index in [0.717, 1.165) is 5.56 Å². The molecule has 0 atom stereocenters. The molecule has 3 rings (SSSR count). The predicted octanol–water partition coefficient (Wildman–Crippen LogP) is 2.97. The highest BCUT2D eigenvalue weighted by Gasteiger charge is 2.30. The summed E-state index contributed by atoms with van der Waals surface area (Å²) in [4.78, 5) is 36.3. The summed E-state index contributed by atoms with van der Waals surface area (Å²) in [7, 11) is 1.49. The summed E-state index contributed by atoms with van der Waals surface area (Å²) in [5.74, 6) is 0.0908. The zero-order valence-electron chi connectivity index (χ0n) is 16.4. The van der Waals surface area contributed by atoms with Crippen molar-refractivity contribution in [2.24, 2.45) is 0 Å². The lowest BCUT2D eigenvalue weighted by molar-refractivity contribution is -0.134. The minimum Gasteiger partial charge on any atom is -0.496 e. The van der Waals surface area contributed by atoms with Gasteiger partial charge in [-0.3, -0.25) is 14.4 Å². The number of amides is 1. The predicted molar refractivity (Wildman–Crippen MR) is 105 cm³/mol. The molecule has 2 aromatic rings. The highest BCUT2D eigenvalue weighted by Crippen LogP contribution is 2.42. The third-order valence-corrected chi connectivity index (χ3v) is 4.63. The molecular weight excluding hydrogens is 374 g/mol. The summed E-state index contributed by atoms with van der Waals surface area (Å²) in [5, 5.41) is 2.81. The van der Waals surface area contributed by atoms with Crippen LogP contribution in [0.2, 0.25) is 0 Å². The van der Waals surface area contributed by atoms with E-state index in [4.69, 9.17) is 14.2 Å². The molecule has 0 unspecified atom stereocenters. The zero-order valence-corrected chi connectivity index (χ0v) is 16.4. The van der Waals surface area contributed by atoms with E-state index < -0.39 is 5.97 Å². The van der Waals surface area contributed by atoms with Crippen molar-refractivity contribution in [1.29, 1.82) is 0 Å². The fraction of sp³-hybridized carbons (Fsp3) is 0.318. The Morgan fingerprint density at radius 2 is 1.90 bits per heavy atom. The molecule has 1 N–H and O–H groups in total. The topological polar surface area (TPSA) is 90.9 Å². The fourth-order valence-electron chi connectivity index (χ4n) is 3.11. The lowest BCUT2D eigenvalue weighted by atomic mass is 10.1. The Morgan fingerprint density at radius 1 is 1.14 bits per heavy atom. The number of rotatable bonds is 8. The second-order valence-corrected chi connectivity index (χ2v) is 6.71. The van der Waals surface area contributed by atoms with Gasteiger partial charge in [0, 0.05) is 31.0 Å². The average Bonchev–Trinajstić information content (AvgIpc) is 3.11. The van der Waals surface area contributed by atoms with Crippen LogP contribution >= 0.6 is 0 Å². The van der Waals surface area contributed by atoms with Gasteiger partial charge in [-0.1, -0.05) is 30.3 Å². The summed E-state index contributed by atoms with van der Waals surface area (Å²) in [6, 6.07) is 11.1. The number of carbonyl (C=O) groups excluding carboxylic acids is 3. The number of fused-ring (bicyclic) bond motifs is 1. The standard InChI is InChI=1S/C22H23NO6/c1-14-17(27-2)11-18(21-16(24)13-28-22(14)21)29-20(26)10-6-9-19(25)23-12-15-7-4-3-5-8-15/h3-5,7-8,11H,6,9-10,12-13H2,1-2H3,(H,23,25). The molecule has 1 aliphatic heterocycles. The highest BCUT2D eigenvalue weighted by molar-refractivity contribution is 6.06. The van der Waals surface area contributed by atoms with Gasteiger partial charge in [0.25, 0.3) is 0 Å². The molecule has 0 spiro atoms. The largest absolute Gasteiger partial charge is 0.496 e. The van der Waals surface area contributed by atoms with Crippen LogP contribution < -0.4 is 19.5 Å². The Labute approximate surface area is 169 Å². The first kappa shape index (κ1) is 20.4. The van der Waals surface area contributed by atoms with Crippen LogP contribution in [0.25, 0.3) is 0 Å². The average molecular weight is 397 g/mol. The van der Waals surface area contributed by atoms with Gasteiger partial charge in [0.15, 0.2) is 6.61 Å². The highest BCUT2D eigenvalue weighted by atomic mass is 16.5. The Morgan fingerprint density at radius 3 is 2.62 bits per heavy atom. The third kappa shape index (κ3) is 4.93. The maximum Gasteiger partial charge on any atom is 0.311 e. The minimum absolute atomic E-state index is 0.0543. The number of esters is 1. The Bertz CT molecular complexity index is 923. The smallest absolute Gasteiger partial charge is 0.311 e. The molecule has 1 heterocycles. The molecule has 7 nitrogen and oxygen atoms in total. The van der Waals surface area contributed by atoms with Gasteiger partial charge in [0.2, 0.25) is 11.7 Å². The monoisotopic (exact) mass is 397 g/mol. The number of methoxy groups -OCH3 is 1. The second kappa shape index (κ2) is 9.23. The Kier molecular flexibility index (Phi) is 6.49. The van der Waals surface area contributed by atoms with Crippen LogP contribution in [0.4, 0.5) is 0 Å². The molecular formula is C22H23NO6. The molecule has 0 saturated carbocycles. The van der Waals surface area contributed by atoms with Gasteiger partial charge < -0.3 is 19.5 Å².